The lowest BCUT2D eigenvalue weighted by Gasteiger charge is -2.13. The summed E-state index contributed by atoms with van der Waals surface area (Å²) in [5.74, 6) is -1.40. The molecule has 0 saturated carbocycles. The smallest absolute Gasteiger partial charge is 0.326 e. The molecular formula is C11H14N2O5. The number of aliphatic carboxylic acids is 1. The number of carboxylic acid groups (broad SMARTS) is 1. The number of carboxylic acids is 1. The quantitative estimate of drug-likeness (QED) is 0.640. The van der Waals surface area contributed by atoms with Gasteiger partial charge < -0.3 is 20.3 Å². The zero-order chi connectivity index (χ0) is 13.5. The molecule has 0 saturated heterocycles. The Kier molecular flexibility index (Phi) is 5.06. The van der Waals surface area contributed by atoms with Crippen LogP contribution in [-0.2, 0) is 4.79 Å². The van der Waals surface area contributed by atoms with Crippen molar-refractivity contribution in [3.8, 4) is 5.88 Å². The van der Waals surface area contributed by atoms with E-state index in [2.05, 4.69) is 10.3 Å². The second kappa shape index (κ2) is 6.55. The zero-order valence-corrected chi connectivity index (χ0v) is 9.79. The highest BCUT2D eigenvalue weighted by atomic mass is 16.5. The van der Waals surface area contributed by atoms with Crippen LogP contribution in [0.25, 0.3) is 0 Å². The molecule has 98 valence electrons. The van der Waals surface area contributed by atoms with Gasteiger partial charge in [-0.1, -0.05) is 0 Å². The van der Waals surface area contributed by atoms with Crippen LogP contribution in [0.3, 0.4) is 0 Å². The van der Waals surface area contributed by atoms with E-state index < -0.39 is 17.9 Å². The molecule has 1 rings (SSSR count). The van der Waals surface area contributed by atoms with E-state index in [0.29, 0.717) is 5.88 Å². The summed E-state index contributed by atoms with van der Waals surface area (Å²) in [4.78, 5) is 26.3. The van der Waals surface area contributed by atoms with E-state index in [9.17, 15) is 9.59 Å². The Hall–Kier alpha value is -2.15. The van der Waals surface area contributed by atoms with Crippen molar-refractivity contribution in [1.29, 1.82) is 0 Å². The highest BCUT2D eigenvalue weighted by molar-refractivity contribution is 5.96. The topological polar surface area (TPSA) is 109 Å². The van der Waals surface area contributed by atoms with E-state index in [4.69, 9.17) is 14.9 Å². The van der Waals surface area contributed by atoms with Crippen LogP contribution in [0.5, 0.6) is 5.88 Å². The number of ether oxygens (including phenoxy) is 1. The molecule has 0 aliphatic carbocycles. The maximum atomic E-state index is 11.7. The molecule has 7 nitrogen and oxygen atoms in total. The molecule has 0 spiro atoms. The molecule has 0 aromatic carbocycles. The Balaban J connectivity index is 2.70. The van der Waals surface area contributed by atoms with Crippen molar-refractivity contribution >= 4 is 11.9 Å². The summed E-state index contributed by atoms with van der Waals surface area (Å²) in [7, 11) is 1.45. The summed E-state index contributed by atoms with van der Waals surface area (Å²) in [6.45, 7) is -0.321. The Morgan fingerprint density at radius 2 is 2.22 bits per heavy atom. The van der Waals surface area contributed by atoms with Crippen LogP contribution in [0.15, 0.2) is 18.3 Å². The largest absolute Gasteiger partial charge is 0.481 e. The average Bonchev–Trinajstić information content (AvgIpc) is 2.38. The summed E-state index contributed by atoms with van der Waals surface area (Å²) in [6, 6.07) is 1.85. The van der Waals surface area contributed by atoms with E-state index in [0.717, 1.165) is 0 Å². The van der Waals surface area contributed by atoms with E-state index in [-0.39, 0.29) is 18.6 Å². The number of aliphatic hydroxyl groups is 1. The van der Waals surface area contributed by atoms with Crippen LogP contribution in [0.2, 0.25) is 0 Å². The highest BCUT2D eigenvalue weighted by Gasteiger charge is 2.20. The Labute approximate surface area is 103 Å². The molecule has 1 aromatic heterocycles. The first-order valence-electron chi connectivity index (χ1n) is 5.23. The number of nitrogens with zero attached hydrogens (tertiary/aromatic N) is 1. The molecule has 0 unspecified atom stereocenters. The van der Waals surface area contributed by atoms with Gasteiger partial charge in [-0.15, -0.1) is 0 Å². The minimum Gasteiger partial charge on any atom is -0.481 e. The number of methoxy groups -OCH3 is 1. The van der Waals surface area contributed by atoms with Crippen molar-refractivity contribution < 1.29 is 24.5 Å². The van der Waals surface area contributed by atoms with Gasteiger partial charge in [0.25, 0.3) is 5.91 Å². The summed E-state index contributed by atoms with van der Waals surface area (Å²) in [5, 5.41) is 19.8. The normalized spacial score (nSPS) is 11.7. The van der Waals surface area contributed by atoms with Gasteiger partial charge in [0.05, 0.1) is 12.7 Å². The van der Waals surface area contributed by atoms with Crippen molar-refractivity contribution in [2.45, 2.75) is 12.5 Å². The summed E-state index contributed by atoms with van der Waals surface area (Å²) in [6.07, 6.45) is 1.23. The molecule has 1 aromatic rings. The number of rotatable bonds is 6. The minimum atomic E-state index is -1.20. The lowest BCUT2D eigenvalue weighted by molar-refractivity contribution is -0.139. The number of nitrogens with one attached hydrogen (secondary N) is 1. The maximum Gasteiger partial charge on any atom is 0.326 e. The number of hydrogen-bond donors (Lipinski definition) is 3. The molecular weight excluding hydrogens is 240 g/mol. The fraction of sp³-hybridized carbons (Fsp3) is 0.364. The summed E-state index contributed by atoms with van der Waals surface area (Å²) < 4.78 is 4.84. The van der Waals surface area contributed by atoms with E-state index in [1.807, 2.05) is 0 Å². The molecule has 0 bridgehead atoms. The van der Waals surface area contributed by atoms with Crippen LogP contribution < -0.4 is 10.1 Å². The first kappa shape index (κ1) is 13.9. The number of pyridine rings is 1. The fourth-order valence-electron chi connectivity index (χ4n) is 1.26. The molecule has 0 fully saturated rings. The SMILES string of the molecule is COc1ccc(C(=O)N[C@@H](CCO)C(=O)O)cn1. The van der Waals surface area contributed by atoms with Gasteiger partial charge in [-0.05, 0) is 6.07 Å². The molecule has 0 aliphatic rings. The van der Waals surface area contributed by atoms with Crippen molar-refractivity contribution in [3.05, 3.63) is 23.9 Å². The lowest BCUT2D eigenvalue weighted by Crippen LogP contribution is -2.41. The molecule has 18 heavy (non-hydrogen) atoms. The number of aliphatic hydroxyl groups excluding tert-OH is 1. The number of aromatic nitrogens is 1. The number of hydrogen-bond acceptors (Lipinski definition) is 5. The van der Waals surface area contributed by atoms with E-state index in [1.165, 1.54) is 25.4 Å². The third kappa shape index (κ3) is 3.70. The first-order chi connectivity index (χ1) is 8.58. The van der Waals surface area contributed by atoms with Crippen LogP contribution in [0.1, 0.15) is 16.8 Å². The molecule has 1 heterocycles. The van der Waals surface area contributed by atoms with Gasteiger partial charge in [0.2, 0.25) is 5.88 Å². The number of carbonyl (C=O) groups is 2. The van der Waals surface area contributed by atoms with Gasteiger partial charge in [-0.3, -0.25) is 4.79 Å². The summed E-state index contributed by atoms with van der Waals surface area (Å²) in [5.41, 5.74) is 0.222. The number of carbonyl (C=O) groups excluding carboxylic acids is 1. The minimum absolute atomic E-state index is 0.0509. The standard InChI is InChI=1S/C11H14N2O5/c1-18-9-3-2-7(6-12-9)10(15)13-8(4-5-14)11(16)17/h2-3,6,8,14H,4-5H2,1H3,(H,13,15)(H,16,17)/t8-/m0/s1. The monoisotopic (exact) mass is 254 g/mol. The van der Waals surface area contributed by atoms with Crippen molar-refractivity contribution in [1.82, 2.24) is 10.3 Å². The van der Waals surface area contributed by atoms with E-state index in [1.54, 1.807) is 0 Å². The second-order valence-electron chi connectivity index (χ2n) is 3.47. The van der Waals surface area contributed by atoms with Crippen LogP contribution in [0.4, 0.5) is 0 Å². The predicted octanol–water partition coefficient (Wildman–Crippen LogP) is -0.344. The van der Waals surface area contributed by atoms with Gasteiger partial charge in [0.1, 0.15) is 6.04 Å². The predicted molar refractivity (Wildman–Crippen MR) is 61.4 cm³/mol. The lowest BCUT2D eigenvalue weighted by atomic mass is 10.2. The molecule has 3 N–H and O–H groups in total. The number of amides is 1. The Bertz CT molecular complexity index is 418. The molecule has 7 heteroatoms. The molecule has 0 radical (unpaired) electrons. The van der Waals surface area contributed by atoms with E-state index >= 15 is 0 Å². The fourth-order valence-corrected chi connectivity index (χ4v) is 1.26. The van der Waals surface area contributed by atoms with Gasteiger partial charge in [-0.2, -0.15) is 0 Å². The third-order valence-electron chi connectivity index (χ3n) is 2.23. The Morgan fingerprint density at radius 3 is 2.67 bits per heavy atom. The molecule has 1 atom stereocenters. The summed E-state index contributed by atoms with van der Waals surface area (Å²) >= 11 is 0. The van der Waals surface area contributed by atoms with Gasteiger partial charge >= 0.3 is 5.97 Å². The van der Waals surface area contributed by atoms with Crippen molar-refractivity contribution in [2.24, 2.45) is 0 Å². The first-order valence-corrected chi connectivity index (χ1v) is 5.23. The van der Waals surface area contributed by atoms with Crippen LogP contribution in [0, 0.1) is 0 Å². The second-order valence-corrected chi connectivity index (χ2v) is 3.47. The van der Waals surface area contributed by atoms with Gasteiger partial charge in [0, 0.05) is 25.3 Å². The zero-order valence-electron chi connectivity index (χ0n) is 9.79. The third-order valence-corrected chi connectivity index (χ3v) is 2.23. The molecule has 1 amide bonds. The highest BCUT2D eigenvalue weighted by Crippen LogP contribution is 2.07. The van der Waals surface area contributed by atoms with Gasteiger partial charge in [-0.25, -0.2) is 9.78 Å². The van der Waals surface area contributed by atoms with Crippen LogP contribution in [-0.4, -0.2) is 46.8 Å². The van der Waals surface area contributed by atoms with Crippen molar-refractivity contribution in [2.75, 3.05) is 13.7 Å². The Morgan fingerprint density at radius 1 is 1.50 bits per heavy atom. The van der Waals surface area contributed by atoms with Gasteiger partial charge in [0.15, 0.2) is 0 Å². The van der Waals surface area contributed by atoms with Crippen molar-refractivity contribution in [3.63, 3.8) is 0 Å². The maximum absolute atomic E-state index is 11.7. The average molecular weight is 254 g/mol. The molecule has 0 aliphatic heterocycles. The van der Waals surface area contributed by atoms with Crippen LogP contribution >= 0.6 is 0 Å².